The number of carboxylic acid groups (broad SMARTS) is 1. The fourth-order valence-corrected chi connectivity index (χ4v) is 4.34. The molecule has 0 saturated heterocycles. The van der Waals surface area contributed by atoms with Gasteiger partial charge in [-0.3, -0.25) is 4.79 Å². The Labute approximate surface area is 204 Å². The summed E-state index contributed by atoms with van der Waals surface area (Å²) in [5.74, 6) is -1.65. The van der Waals surface area contributed by atoms with E-state index in [9.17, 15) is 23.1 Å². The number of sulfonamides is 1. The number of nitriles is 1. The normalized spacial score (nSPS) is 12.1. The fourth-order valence-electron chi connectivity index (χ4n) is 3.19. The third-order valence-corrected chi connectivity index (χ3v) is 6.71. The van der Waals surface area contributed by atoms with Crippen molar-refractivity contribution in [2.75, 3.05) is 13.2 Å². The highest BCUT2D eigenvalue weighted by atomic mass is 32.2. The van der Waals surface area contributed by atoms with Crippen molar-refractivity contribution in [3.05, 3.63) is 53.1 Å². The lowest BCUT2D eigenvalue weighted by Gasteiger charge is -2.16. The van der Waals surface area contributed by atoms with Crippen LogP contribution >= 0.6 is 0 Å². The number of aliphatic carboxylic acids is 1. The van der Waals surface area contributed by atoms with Crippen LogP contribution in [0.4, 0.5) is 0 Å². The van der Waals surface area contributed by atoms with Gasteiger partial charge in [-0.25, -0.2) is 17.9 Å². The standard InChI is InChI=1S/C24H29N3O7S/c1-4-19(24(30)31)27-23(29)14-34-21-12-18(15(2)3)7-6-17(21)9-10-26-35(32,33)22-11-16(13-25)5-8-20(22)28/h5-8,11-12,15,19,26,28H,4,9-10,14H2,1-3H3,(H,27,29)(H,30,31). The van der Waals surface area contributed by atoms with E-state index in [-0.39, 0.29) is 30.9 Å². The molecule has 0 bridgehead atoms. The summed E-state index contributed by atoms with van der Waals surface area (Å²) in [6.07, 6.45) is 0.433. The van der Waals surface area contributed by atoms with Crippen LogP contribution in [0.2, 0.25) is 0 Å². The van der Waals surface area contributed by atoms with Gasteiger partial charge < -0.3 is 20.3 Å². The van der Waals surface area contributed by atoms with Crippen LogP contribution < -0.4 is 14.8 Å². The first-order valence-electron chi connectivity index (χ1n) is 11.0. The van der Waals surface area contributed by atoms with Crippen LogP contribution in [-0.2, 0) is 26.0 Å². The largest absolute Gasteiger partial charge is 0.507 e. The van der Waals surface area contributed by atoms with E-state index < -0.39 is 45.2 Å². The SMILES string of the molecule is CCC(NC(=O)COc1cc(C(C)C)ccc1CCNS(=O)(=O)c1cc(C#N)ccc1O)C(=O)O. The maximum absolute atomic E-state index is 12.6. The van der Waals surface area contributed by atoms with Crippen LogP contribution in [0.1, 0.15) is 49.8 Å². The highest BCUT2D eigenvalue weighted by Gasteiger charge is 2.20. The Kier molecular flexibility index (Phi) is 9.62. The summed E-state index contributed by atoms with van der Waals surface area (Å²) in [5, 5.41) is 30.4. The van der Waals surface area contributed by atoms with Crippen molar-refractivity contribution in [2.45, 2.75) is 50.5 Å². The van der Waals surface area contributed by atoms with Crippen molar-refractivity contribution in [3.63, 3.8) is 0 Å². The fraction of sp³-hybridized carbons (Fsp3) is 0.375. The number of aromatic hydroxyl groups is 1. The van der Waals surface area contributed by atoms with Gasteiger partial charge in [0.15, 0.2) is 6.61 Å². The maximum Gasteiger partial charge on any atom is 0.326 e. The van der Waals surface area contributed by atoms with Crippen molar-refractivity contribution in [1.29, 1.82) is 5.26 Å². The second kappa shape index (κ2) is 12.2. The smallest absolute Gasteiger partial charge is 0.326 e. The maximum atomic E-state index is 12.6. The monoisotopic (exact) mass is 503 g/mol. The number of benzene rings is 2. The molecule has 0 saturated carbocycles. The number of phenols is 1. The van der Waals surface area contributed by atoms with Crippen LogP contribution in [0.5, 0.6) is 11.5 Å². The molecule has 10 nitrogen and oxygen atoms in total. The number of carboxylic acids is 1. The van der Waals surface area contributed by atoms with E-state index in [1.54, 1.807) is 19.1 Å². The number of nitrogens with zero attached hydrogens (tertiary/aromatic N) is 1. The van der Waals surface area contributed by atoms with Crippen LogP contribution in [-0.4, -0.2) is 49.7 Å². The molecule has 0 heterocycles. The summed E-state index contributed by atoms with van der Waals surface area (Å²) in [7, 11) is -4.09. The number of ether oxygens (including phenoxy) is 1. The average molecular weight is 504 g/mol. The van der Waals surface area contributed by atoms with Gasteiger partial charge in [0.25, 0.3) is 5.91 Å². The summed E-state index contributed by atoms with van der Waals surface area (Å²) in [6, 6.07) is 9.76. The lowest BCUT2D eigenvalue weighted by molar-refractivity contribution is -0.142. The lowest BCUT2D eigenvalue weighted by Crippen LogP contribution is -2.42. The minimum absolute atomic E-state index is 0.0426. The summed E-state index contributed by atoms with van der Waals surface area (Å²) < 4.78 is 33.3. The lowest BCUT2D eigenvalue weighted by atomic mass is 10.00. The second-order valence-electron chi connectivity index (χ2n) is 8.12. The van der Waals surface area contributed by atoms with Crippen molar-refractivity contribution in [2.24, 2.45) is 0 Å². The Morgan fingerprint density at radius 2 is 1.89 bits per heavy atom. The molecule has 2 rings (SSSR count). The van der Waals surface area contributed by atoms with Crippen molar-refractivity contribution in [3.8, 4) is 17.6 Å². The zero-order valence-corrected chi connectivity index (χ0v) is 20.6. The first-order chi connectivity index (χ1) is 16.5. The Balaban J connectivity index is 2.14. The van der Waals surface area contributed by atoms with Gasteiger partial charge in [-0.15, -0.1) is 0 Å². The number of hydrogen-bond donors (Lipinski definition) is 4. The number of carbonyl (C=O) groups is 2. The Bertz CT molecular complexity index is 1220. The van der Waals surface area contributed by atoms with Crippen molar-refractivity contribution >= 4 is 21.9 Å². The molecule has 0 radical (unpaired) electrons. The molecule has 0 aromatic heterocycles. The van der Waals surface area contributed by atoms with Crippen LogP contribution in [0.25, 0.3) is 0 Å². The molecule has 0 spiro atoms. The van der Waals surface area contributed by atoms with Gasteiger partial charge in [0.05, 0.1) is 11.6 Å². The number of carbonyl (C=O) groups excluding carboxylic acids is 1. The Morgan fingerprint density at radius 1 is 1.17 bits per heavy atom. The van der Waals surface area contributed by atoms with Gasteiger partial charge in [-0.05, 0) is 54.2 Å². The third kappa shape index (κ3) is 7.70. The zero-order valence-electron chi connectivity index (χ0n) is 19.7. The predicted molar refractivity (Wildman–Crippen MR) is 128 cm³/mol. The van der Waals surface area contributed by atoms with E-state index in [1.807, 2.05) is 26.0 Å². The zero-order chi connectivity index (χ0) is 26.2. The minimum atomic E-state index is -4.09. The summed E-state index contributed by atoms with van der Waals surface area (Å²) in [4.78, 5) is 22.9. The van der Waals surface area contributed by atoms with E-state index in [2.05, 4.69) is 10.0 Å². The molecule has 35 heavy (non-hydrogen) atoms. The van der Waals surface area contributed by atoms with E-state index in [0.29, 0.717) is 11.3 Å². The molecule has 2 aromatic rings. The average Bonchev–Trinajstić information content (AvgIpc) is 2.81. The Morgan fingerprint density at radius 3 is 2.49 bits per heavy atom. The summed E-state index contributed by atoms with van der Waals surface area (Å²) in [6.45, 7) is 5.17. The molecule has 0 fully saturated rings. The molecule has 1 atom stereocenters. The predicted octanol–water partition coefficient (Wildman–Crippen LogP) is 2.27. The number of amides is 1. The van der Waals surface area contributed by atoms with Crippen LogP contribution in [0.15, 0.2) is 41.3 Å². The van der Waals surface area contributed by atoms with Gasteiger partial charge in [-0.2, -0.15) is 5.26 Å². The number of hydrogen-bond acceptors (Lipinski definition) is 7. The first kappa shape index (κ1) is 27.6. The topological polar surface area (TPSA) is 166 Å². The van der Waals surface area contributed by atoms with Gasteiger partial charge in [0.2, 0.25) is 10.0 Å². The molecule has 2 aromatic carbocycles. The Hall–Kier alpha value is -3.62. The van der Waals surface area contributed by atoms with Crippen molar-refractivity contribution in [1.82, 2.24) is 10.0 Å². The molecular weight excluding hydrogens is 474 g/mol. The summed E-state index contributed by atoms with van der Waals surface area (Å²) >= 11 is 0. The van der Waals surface area contributed by atoms with E-state index in [1.165, 1.54) is 6.07 Å². The molecule has 4 N–H and O–H groups in total. The highest BCUT2D eigenvalue weighted by molar-refractivity contribution is 7.89. The van der Waals surface area contributed by atoms with Gasteiger partial charge >= 0.3 is 5.97 Å². The van der Waals surface area contributed by atoms with E-state index >= 15 is 0 Å². The van der Waals surface area contributed by atoms with Crippen molar-refractivity contribution < 1.29 is 33.0 Å². The molecule has 1 unspecified atom stereocenters. The first-order valence-corrected chi connectivity index (χ1v) is 12.5. The second-order valence-corrected chi connectivity index (χ2v) is 9.85. The molecular formula is C24H29N3O7S. The van der Waals surface area contributed by atoms with Crippen LogP contribution in [0.3, 0.4) is 0 Å². The quantitative estimate of drug-likeness (QED) is 0.342. The van der Waals surface area contributed by atoms with Gasteiger partial charge in [-0.1, -0.05) is 32.9 Å². The molecule has 11 heteroatoms. The molecule has 188 valence electrons. The number of rotatable bonds is 12. The van der Waals surface area contributed by atoms with E-state index in [0.717, 1.165) is 17.7 Å². The van der Waals surface area contributed by atoms with Crippen LogP contribution in [0, 0.1) is 11.3 Å². The van der Waals surface area contributed by atoms with Gasteiger partial charge in [0, 0.05) is 6.54 Å². The number of nitrogens with one attached hydrogen (secondary N) is 2. The summed E-state index contributed by atoms with van der Waals surface area (Å²) in [5.41, 5.74) is 1.67. The molecule has 1 amide bonds. The molecule has 0 aliphatic heterocycles. The highest BCUT2D eigenvalue weighted by Crippen LogP contribution is 2.26. The van der Waals surface area contributed by atoms with E-state index in [4.69, 9.17) is 15.1 Å². The molecule has 0 aliphatic carbocycles. The van der Waals surface area contributed by atoms with Gasteiger partial charge in [0.1, 0.15) is 22.4 Å². The minimum Gasteiger partial charge on any atom is -0.507 e. The number of phenolic OH excluding ortho intramolecular Hbond substituents is 1. The third-order valence-electron chi connectivity index (χ3n) is 5.22. The molecule has 0 aliphatic rings.